The van der Waals surface area contributed by atoms with Gasteiger partial charge in [0, 0.05) is 0 Å². The van der Waals surface area contributed by atoms with Crippen molar-refractivity contribution in [2.45, 2.75) is 12.4 Å². The molecule has 0 radical (unpaired) electrons. The van der Waals surface area contributed by atoms with Gasteiger partial charge < -0.3 is 5.11 Å². The highest BCUT2D eigenvalue weighted by atomic mass is 19.4. The molecule has 1 aromatic carbocycles. The number of carbonyl (C=O) groups is 1. The Morgan fingerprint density at radius 3 is 2.41 bits per heavy atom. The lowest BCUT2D eigenvalue weighted by Crippen LogP contribution is -2.51. The molecule has 0 aliphatic rings. The molecule has 1 amide bonds. The van der Waals surface area contributed by atoms with E-state index in [2.05, 4.69) is 0 Å². The normalized spacial score (nSPS) is 13.2. The standard InChI is InChI=1S/C9H8F4N2O2/c10-6-4-2-1-3-5(6)7(16)14-15-8(17)9(11,12)13/h1-4,8,15,17H,(H,14,16). The van der Waals surface area contributed by atoms with Crippen molar-refractivity contribution in [1.29, 1.82) is 0 Å². The van der Waals surface area contributed by atoms with Crippen LogP contribution in [0.5, 0.6) is 0 Å². The van der Waals surface area contributed by atoms with Crippen LogP contribution >= 0.6 is 0 Å². The van der Waals surface area contributed by atoms with Crippen LogP contribution in [0.25, 0.3) is 0 Å². The molecular formula is C9H8F4N2O2. The van der Waals surface area contributed by atoms with Crippen LogP contribution in [-0.4, -0.2) is 23.4 Å². The van der Waals surface area contributed by atoms with E-state index in [4.69, 9.17) is 5.11 Å². The Morgan fingerprint density at radius 1 is 1.29 bits per heavy atom. The lowest BCUT2D eigenvalue weighted by molar-refractivity contribution is -0.215. The van der Waals surface area contributed by atoms with Gasteiger partial charge in [0.2, 0.25) is 6.23 Å². The van der Waals surface area contributed by atoms with Crippen molar-refractivity contribution < 1.29 is 27.5 Å². The Labute approximate surface area is 93.2 Å². The molecule has 0 aliphatic heterocycles. The topological polar surface area (TPSA) is 61.4 Å². The summed E-state index contributed by atoms with van der Waals surface area (Å²) in [5, 5.41) is 8.51. The molecule has 0 aromatic heterocycles. The van der Waals surface area contributed by atoms with Crippen LogP contribution in [0.1, 0.15) is 10.4 Å². The molecule has 1 aromatic rings. The van der Waals surface area contributed by atoms with Gasteiger partial charge in [-0.15, -0.1) is 0 Å². The minimum absolute atomic E-state index is 0.436. The molecule has 1 rings (SSSR count). The summed E-state index contributed by atoms with van der Waals surface area (Å²) in [6, 6.07) is 4.74. The number of hydrazine groups is 1. The van der Waals surface area contributed by atoms with Crippen molar-refractivity contribution in [2.24, 2.45) is 0 Å². The lowest BCUT2D eigenvalue weighted by atomic mass is 10.2. The maximum absolute atomic E-state index is 13.0. The number of aliphatic hydroxyl groups excluding tert-OH is 1. The predicted molar refractivity (Wildman–Crippen MR) is 49.1 cm³/mol. The lowest BCUT2D eigenvalue weighted by Gasteiger charge is -2.16. The summed E-state index contributed by atoms with van der Waals surface area (Å²) < 4.78 is 48.6. The molecule has 0 fully saturated rings. The summed E-state index contributed by atoms with van der Waals surface area (Å²) in [5.41, 5.74) is 2.42. The number of rotatable bonds is 3. The summed E-state index contributed by atoms with van der Waals surface area (Å²) in [6.45, 7) is 0. The van der Waals surface area contributed by atoms with Gasteiger partial charge in [0.25, 0.3) is 5.91 Å². The fourth-order valence-electron chi connectivity index (χ4n) is 0.928. The van der Waals surface area contributed by atoms with E-state index in [1.54, 1.807) is 5.43 Å². The second-order valence-electron chi connectivity index (χ2n) is 3.02. The zero-order chi connectivity index (χ0) is 13.1. The van der Waals surface area contributed by atoms with Gasteiger partial charge in [-0.05, 0) is 12.1 Å². The van der Waals surface area contributed by atoms with E-state index in [1.165, 1.54) is 17.6 Å². The summed E-state index contributed by atoms with van der Waals surface area (Å²) in [7, 11) is 0. The highest BCUT2D eigenvalue weighted by molar-refractivity contribution is 5.94. The van der Waals surface area contributed by atoms with Crippen molar-refractivity contribution in [1.82, 2.24) is 10.9 Å². The summed E-state index contributed by atoms with van der Waals surface area (Å²) >= 11 is 0. The number of hydrogen-bond donors (Lipinski definition) is 3. The fourth-order valence-corrected chi connectivity index (χ4v) is 0.928. The van der Waals surface area contributed by atoms with Crippen molar-refractivity contribution in [3.05, 3.63) is 35.6 Å². The molecule has 4 nitrogen and oxygen atoms in total. The maximum Gasteiger partial charge on any atom is 0.429 e. The van der Waals surface area contributed by atoms with Gasteiger partial charge in [0.15, 0.2) is 0 Å². The third kappa shape index (κ3) is 3.68. The zero-order valence-corrected chi connectivity index (χ0v) is 8.25. The van der Waals surface area contributed by atoms with Gasteiger partial charge >= 0.3 is 6.18 Å². The van der Waals surface area contributed by atoms with Gasteiger partial charge in [-0.3, -0.25) is 10.2 Å². The van der Waals surface area contributed by atoms with Crippen LogP contribution in [0.4, 0.5) is 17.6 Å². The average molecular weight is 252 g/mol. The molecule has 8 heteroatoms. The molecular weight excluding hydrogens is 244 g/mol. The number of benzene rings is 1. The van der Waals surface area contributed by atoms with E-state index in [1.807, 2.05) is 0 Å². The Morgan fingerprint density at radius 2 is 1.88 bits per heavy atom. The molecule has 1 unspecified atom stereocenters. The van der Waals surface area contributed by atoms with Crippen molar-refractivity contribution in [2.75, 3.05) is 0 Å². The summed E-state index contributed by atoms with van der Waals surface area (Å²) in [6.07, 6.45) is -7.85. The van der Waals surface area contributed by atoms with Crippen molar-refractivity contribution in [3.63, 3.8) is 0 Å². The van der Waals surface area contributed by atoms with Gasteiger partial charge in [-0.1, -0.05) is 12.1 Å². The van der Waals surface area contributed by atoms with Crippen LogP contribution in [-0.2, 0) is 0 Å². The first-order valence-corrected chi connectivity index (χ1v) is 4.37. The first-order valence-electron chi connectivity index (χ1n) is 4.37. The van der Waals surface area contributed by atoms with Crippen LogP contribution in [0.15, 0.2) is 24.3 Å². The molecule has 0 heterocycles. The van der Waals surface area contributed by atoms with E-state index in [0.717, 1.165) is 12.1 Å². The molecule has 94 valence electrons. The van der Waals surface area contributed by atoms with E-state index in [0.29, 0.717) is 0 Å². The Kier molecular flexibility index (Phi) is 4.02. The fraction of sp³-hybridized carbons (Fsp3) is 0.222. The highest BCUT2D eigenvalue weighted by Gasteiger charge is 2.38. The largest absolute Gasteiger partial charge is 0.429 e. The number of amides is 1. The smallest absolute Gasteiger partial charge is 0.369 e. The molecule has 17 heavy (non-hydrogen) atoms. The third-order valence-electron chi connectivity index (χ3n) is 1.75. The molecule has 1 atom stereocenters. The first-order chi connectivity index (χ1) is 7.82. The van der Waals surface area contributed by atoms with E-state index in [9.17, 15) is 22.4 Å². The summed E-state index contributed by atoms with van der Waals surface area (Å²) in [4.78, 5) is 11.2. The molecule has 0 spiro atoms. The van der Waals surface area contributed by atoms with Crippen LogP contribution in [0.3, 0.4) is 0 Å². The maximum atomic E-state index is 13.0. The SMILES string of the molecule is O=C(NNC(O)C(F)(F)F)c1ccccc1F. The van der Waals surface area contributed by atoms with Crippen LogP contribution in [0.2, 0.25) is 0 Å². The van der Waals surface area contributed by atoms with E-state index < -0.39 is 29.7 Å². The predicted octanol–water partition coefficient (Wildman–Crippen LogP) is 0.941. The number of nitrogens with one attached hydrogen (secondary N) is 2. The van der Waals surface area contributed by atoms with Crippen molar-refractivity contribution >= 4 is 5.91 Å². The Hall–Kier alpha value is -1.67. The average Bonchev–Trinajstić information content (AvgIpc) is 2.24. The second-order valence-corrected chi connectivity index (χ2v) is 3.02. The molecule has 0 saturated heterocycles. The van der Waals surface area contributed by atoms with Crippen LogP contribution in [0, 0.1) is 5.82 Å². The minimum atomic E-state index is -4.93. The molecule has 0 aliphatic carbocycles. The second kappa shape index (κ2) is 5.11. The van der Waals surface area contributed by atoms with Gasteiger partial charge in [-0.25, -0.2) is 4.39 Å². The number of hydrogen-bond acceptors (Lipinski definition) is 3. The van der Waals surface area contributed by atoms with Gasteiger partial charge in [0.05, 0.1) is 5.56 Å². The van der Waals surface area contributed by atoms with E-state index in [-0.39, 0.29) is 0 Å². The van der Waals surface area contributed by atoms with Gasteiger partial charge in [0.1, 0.15) is 5.82 Å². The van der Waals surface area contributed by atoms with Gasteiger partial charge in [-0.2, -0.15) is 18.6 Å². The molecule has 0 saturated carbocycles. The Balaban J connectivity index is 2.60. The monoisotopic (exact) mass is 252 g/mol. The van der Waals surface area contributed by atoms with Crippen molar-refractivity contribution in [3.8, 4) is 0 Å². The number of halogens is 4. The van der Waals surface area contributed by atoms with E-state index >= 15 is 0 Å². The first kappa shape index (κ1) is 13.4. The number of aliphatic hydroxyl groups is 1. The Bertz CT molecular complexity index is 408. The number of carbonyl (C=O) groups excluding carboxylic acids is 1. The minimum Gasteiger partial charge on any atom is -0.369 e. The molecule has 3 N–H and O–H groups in total. The zero-order valence-electron chi connectivity index (χ0n) is 8.25. The quantitative estimate of drug-likeness (QED) is 0.426. The molecule has 0 bridgehead atoms. The van der Waals surface area contributed by atoms with Crippen LogP contribution < -0.4 is 10.9 Å². The highest BCUT2D eigenvalue weighted by Crippen LogP contribution is 2.17. The third-order valence-corrected chi connectivity index (χ3v) is 1.75. The summed E-state index contributed by atoms with van der Waals surface area (Å²) in [5.74, 6) is -2.00. The number of alkyl halides is 3.